The van der Waals surface area contributed by atoms with Crippen LogP contribution in [0.2, 0.25) is 0 Å². The first kappa shape index (κ1) is 22.2. The second-order valence-electron chi connectivity index (χ2n) is 7.61. The number of ether oxygens (including phenoxy) is 1. The van der Waals surface area contributed by atoms with Gasteiger partial charge in [0, 0.05) is 36.6 Å². The van der Waals surface area contributed by atoms with Crippen molar-refractivity contribution in [1.29, 1.82) is 0 Å². The van der Waals surface area contributed by atoms with Gasteiger partial charge in [0.15, 0.2) is 0 Å². The van der Waals surface area contributed by atoms with E-state index in [1.54, 1.807) is 11.3 Å². The molecule has 1 aromatic carbocycles. The Morgan fingerprint density at radius 3 is 2.55 bits per heavy atom. The van der Waals surface area contributed by atoms with Crippen molar-refractivity contribution < 1.29 is 18.1 Å². The van der Waals surface area contributed by atoms with Gasteiger partial charge in [-0.1, -0.05) is 6.07 Å². The molecule has 4 rings (SSSR count). The van der Waals surface area contributed by atoms with Gasteiger partial charge in [0.05, 0.1) is 29.9 Å². The predicted molar refractivity (Wildman–Crippen MR) is 119 cm³/mol. The second kappa shape index (κ2) is 9.61. The average Bonchev–Trinajstić information content (AvgIpc) is 3.49. The van der Waals surface area contributed by atoms with Crippen LogP contribution in [0, 0.1) is 10.1 Å². The van der Waals surface area contributed by atoms with Gasteiger partial charge < -0.3 is 10.1 Å². The summed E-state index contributed by atoms with van der Waals surface area (Å²) in [6.45, 7) is 3.61. The van der Waals surface area contributed by atoms with Crippen molar-refractivity contribution in [2.24, 2.45) is 0 Å². The van der Waals surface area contributed by atoms with Crippen LogP contribution < -0.4 is 5.32 Å². The van der Waals surface area contributed by atoms with Crippen molar-refractivity contribution in [2.75, 3.05) is 51.3 Å². The van der Waals surface area contributed by atoms with Crippen LogP contribution >= 0.6 is 11.3 Å². The normalized spacial score (nSPS) is 19.4. The molecule has 0 aliphatic carbocycles. The molecule has 2 fully saturated rings. The minimum atomic E-state index is -3.89. The number of non-ortho nitro benzene ring substituents is 1. The van der Waals surface area contributed by atoms with Gasteiger partial charge in [0.25, 0.3) is 5.69 Å². The highest BCUT2D eigenvalue weighted by atomic mass is 32.2. The van der Waals surface area contributed by atoms with E-state index in [4.69, 9.17) is 4.74 Å². The summed E-state index contributed by atoms with van der Waals surface area (Å²) in [6, 6.07) is 8.23. The van der Waals surface area contributed by atoms with Crippen LogP contribution in [0.25, 0.3) is 0 Å². The number of thiophene rings is 1. The molecule has 11 heteroatoms. The number of benzene rings is 1. The highest BCUT2D eigenvalue weighted by molar-refractivity contribution is 7.89. The monoisotopic (exact) mass is 466 g/mol. The number of nitrogens with zero attached hydrogens (tertiary/aromatic N) is 3. The Labute approximate surface area is 185 Å². The molecule has 9 nitrogen and oxygen atoms in total. The maximum Gasteiger partial charge on any atom is 0.270 e. The van der Waals surface area contributed by atoms with Crippen LogP contribution in [0.4, 0.5) is 11.4 Å². The van der Waals surface area contributed by atoms with E-state index in [1.165, 1.54) is 21.3 Å². The summed E-state index contributed by atoms with van der Waals surface area (Å²) in [6.07, 6.45) is 2.30. The first-order valence-corrected chi connectivity index (χ1v) is 12.7. The summed E-state index contributed by atoms with van der Waals surface area (Å²) in [4.78, 5) is 14.3. The second-order valence-corrected chi connectivity index (χ2v) is 10.5. The van der Waals surface area contributed by atoms with Crippen LogP contribution in [0.15, 0.2) is 40.6 Å². The fourth-order valence-corrected chi connectivity index (χ4v) is 6.52. The van der Waals surface area contributed by atoms with Gasteiger partial charge in [-0.05, 0) is 43.4 Å². The van der Waals surface area contributed by atoms with Crippen LogP contribution in [0.5, 0.6) is 0 Å². The Kier molecular flexibility index (Phi) is 6.87. The standard InChI is InChI=1S/C20H26N4O5S2/c25-24(26)16-5-6-17(20(14-16)31(27,28)23-9-11-29-12-10-23)21-15-18(19-4-3-13-30-19)22-7-1-2-8-22/h3-6,13-14,18,21H,1-2,7-12,15H2. The Hall–Kier alpha value is -2.05. The maximum atomic E-state index is 13.3. The number of hydrogen-bond acceptors (Lipinski definition) is 8. The lowest BCUT2D eigenvalue weighted by Gasteiger charge is -2.29. The lowest BCUT2D eigenvalue weighted by atomic mass is 10.2. The number of hydrogen-bond donors (Lipinski definition) is 1. The number of nitrogens with one attached hydrogen (secondary N) is 1. The maximum absolute atomic E-state index is 13.3. The SMILES string of the molecule is O=[N+]([O-])c1ccc(NCC(c2cccs2)N2CCCC2)c(S(=O)(=O)N2CCOCC2)c1. The molecule has 3 heterocycles. The molecule has 1 atom stereocenters. The molecule has 2 aliphatic heterocycles. The van der Waals surface area contributed by atoms with Gasteiger partial charge in [0.1, 0.15) is 4.90 Å². The predicted octanol–water partition coefficient (Wildman–Crippen LogP) is 2.93. The van der Waals surface area contributed by atoms with Crippen molar-refractivity contribution in [1.82, 2.24) is 9.21 Å². The lowest BCUT2D eigenvalue weighted by molar-refractivity contribution is -0.385. The van der Waals surface area contributed by atoms with Gasteiger partial charge in [0.2, 0.25) is 10.0 Å². The molecule has 31 heavy (non-hydrogen) atoms. The molecule has 0 saturated carbocycles. The zero-order valence-electron chi connectivity index (χ0n) is 17.1. The lowest BCUT2D eigenvalue weighted by Crippen LogP contribution is -2.41. The Morgan fingerprint density at radius 2 is 1.90 bits per heavy atom. The first-order valence-electron chi connectivity index (χ1n) is 10.3. The van der Waals surface area contributed by atoms with Crippen molar-refractivity contribution in [3.63, 3.8) is 0 Å². The van der Waals surface area contributed by atoms with E-state index in [0.29, 0.717) is 25.4 Å². The highest BCUT2D eigenvalue weighted by Crippen LogP contribution is 2.32. The van der Waals surface area contributed by atoms with Gasteiger partial charge in [-0.2, -0.15) is 4.31 Å². The summed E-state index contributed by atoms with van der Waals surface area (Å²) in [7, 11) is -3.89. The third kappa shape index (κ3) is 4.90. The minimum Gasteiger partial charge on any atom is -0.382 e. The molecule has 0 radical (unpaired) electrons. The van der Waals surface area contributed by atoms with E-state index in [-0.39, 0.29) is 29.7 Å². The molecule has 0 bridgehead atoms. The van der Waals surface area contributed by atoms with E-state index >= 15 is 0 Å². The van der Waals surface area contributed by atoms with E-state index in [9.17, 15) is 18.5 Å². The van der Waals surface area contributed by atoms with Crippen molar-refractivity contribution in [2.45, 2.75) is 23.8 Å². The molecule has 0 amide bonds. The number of sulfonamides is 1. The Bertz CT molecular complexity index is 1000. The Morgan fingerprint density at radius 1 is 1.16 bits per heavy atom. The van der Waals surface area contributed by atoms with E-state index in [1.807, 2.05) is 11.4 Å². The van der Waals surface area contributed by atoms with E-state index in [2.05, 4.69) is 16.3 Å². The zero-order chi connectivity index (χ0) is 21.8. The van der Waals surface area contributed by atoms with Gasteiger partial charge >= 0.3 is 0 Å². The molecule has 0 spiro atoms. The zero-order valence-corrected chi connectivity index (χ0v) is 18.7. The molecular formula is C20H26N4O5S2. The van der Waals surface area contributed by atoms with Crippen molar-refractivity contribution in [3.05, 3.63) is 50.7 Å². The fourth-order valence-electron chi connectivity index (χ4n) is 4.06. The van der Waals surface area contributed by atoms with Crippen molar-refractivity contribution in [3.8, 4) is 0 Å². The molecule has 1 N–H and O–H groups in total. The van der Waals surface area contributed by atoms with Gasteiger partial charge in [-0.15, -0.1) is 11.3 Å². The molecule has 1 aromatic heterocycles. The third-order valence-electron chi connectivity index (χ3n) is 5.70. The number of morpholine rings is 1. The third-order valence-corrected chi connectivity index (χ3v) is 8.61. The number of likely N-dealkylation sites (tertiary alicyclic amines) is 1. The summed E-state index contributed by atoms with van der Waals surface area (Å²) in [5, 5.41) is 16.7. The Balaban J connectivity index is 1.63. The summed E-state index contributed by atoms with van der Waals surface area (Å²) < 4.78 is 33.2. The number of nitro benzene ring substituents is 1. The van der Waals surface area contributed by atoms with Crippen LogP contribution in [-0.4, -0.2) is 68.5 Å². The average molecular weight is 467 g/mol. The number of nitro groups is 1. The van der Waals surface area contributed by atoms with Crippen LogP contribution in [0.1, 0.15) is 23.8 Å². The van der Waals surface area contributed by atoms with Crippen LogP contribution in [-0.2, 0) is 14.8 Å². The molecule has 2 saturated heterocycles. The first-order chi connectivity index (χ1) is 15.0. The van der Waals surface area contributed by atoms with E-state index in [0.717, 1.165) is 32.0 Å². The minimum absolute atomic E-state index is 0.0602. The number of rotatable bonds is 8. The van der Waals surface area contributed by atoms with Crippen molar-refractivity contribution >= 4 is 32.7 Å². The van der Waals surface area contributed by atoms with Crippen LogP contribution in [0.3, 0.4) is 0 Å². The quantitative estimate of drug-likeness (QED) is 0.471. The molecular weight excluding hydrogens is 440 g/mol. The van der Waals surface area contributed by atoms with Gasteiger partial charge in [-0.3, -0.25) is 15.0 Å². The fraction of sp³-hybridized carbons (Fsp3) is 0.500. The van der Waals surface area contributed by atoms with Gasteiger partial charge in [-0.25, -0.2) is 8.42 Å². The smallest absolute Gasteiger partial charge is 0.270 e. The highest BCUT2D eigenvalue weighted by Gasteiger charge is 2.31. The topological polar surface area (TPSA) is 105 Å². The molecule has 2 aliphatic rings. The molecule has 168 valence electrons. The largest absolute Gasteiger partial charge is 0.382 e. The molecule has 1 unspecified atom stereocenters. The summed E-state index contributed by atoms with van der Waals surface area (Å²) in [5.41, 5.74) is 0.143. The summed E-state index contributed by atoms with van der Waals surface area (Å²) in [5.74, 6) is 0. The molecule has 2 aromatic rings. The van der Waals surface area contributed by atoms with E-state index < -0.39 is 14.9 Å². The number of anilines is 1. The summed E-state index contributed by atoms with van der Waals surface area (Å²) >= 11 is 1.68.